The summed E-state index contributed by atoms with van der Waals surface area (Å²) in [5.41, 5.74) is 6.83. The molecule has 5 nitrogen and oxygen atoms in total. The number of benzene rings is 1. The molecule has 6 heteroatoms. The molecule has 0 aromatic heterocycles. The van der Waals surface area contributed by atoms with E-state index >= 15 is 0 Å². The highest BCUT2D eigenvalue weighted by molar-refractivity contribution is 7.87. The van der Waals surface area contributed by atoms with Crippen LogP contribution in [0.4, 0.5) is 0 Å². The summed E-state index contributed by atoms with van der Waals surface area (Å²) in [4.78, 5) is 0. The van der Waals surface area contributed by atoms with Crippen molar-refractivity contribution in [3.8, 4) is 0 Å². The molecule has 0 amide bonds. The maximum atomic E-state index is 12.5. The Balaban J connectivity index is 2.03. The molecule has 2 rings (SSSR count). The summed E-state index contributed by atoms with van der Waals surface area (Å²) < 4.78 is 29.4. The molecule has 21 heavy (non-hydrogen) atoms. The van der Waals surface area contributed by atoms with Gasteiger partial charge in [-0.1, -0.05) is 36.8 Å². The predicted octanol–water partition coefficient (Wildman–Crippen LogP) is 1.27. The maximum Gasteiger partial charge on any atom is 0.279 e. The van der Waals surface area contributed by atoms with Crippen LogP contribution in [0.1, 0.15) is 31.7 Å². The fourth-order valence-electron chi connectivity index (χ4n) is 2.78. The Morgan fingerprint density at radius 1 is 1.33 bits per heavy atom. The summed E-state index contributed by atoms with van der Waals surface area (Å²) in [7, 11) is -3.46. The first-order valence-electron chi connectivity index (χ1n) is 7.56. The van der Waals surface area contributed by atoms with Gasteiger partial charge >= 0.3 is 0 Å². The first-order chi connectivity index (χ1) is 10.0. The standard InChI is InChI=1S/C15H25N3O2S/c1-13-7-5-6-10-18(13)21(19,20)17-15(12-16)11-14-8-3-2-4-9-14/h2-4,8-9,13,15,17H,5-7,10-12,16H2,1H3. The average Bonchev–Trinajstić information content (AvgIpc) is 2.47. The third kappa shape index (κ3) is 4.51. The summed E-state index contributed by atoms with van der Waals surface area (Å²) in [6.07, 6.45) is 3.56. The molecule has 0 spiro atoms. The van der Waals surface area contributed by atoms with E-state index in [0.717, 1.165) is 24.8 Å². The van der Waals surface area contributed by atoms with Crippen LogP contribution in [0.15, 0.2) is 30.3 Å². The van der Waals surface area contributed by atoms with Gasteiger partial charge < -0.3 is 5.73 Å². The maximum absolute atomic E-state index is 12.5. The van der Waals surface area contributed by atoms with Gasteiger partial charge in [0.05, 0.1) is 0 Å². The van der Waals surface area contributed by atoms with Crippen molar-refractivity contribution in [3.05, 3.63) is 35.9 Å². The van der Waals surface area contributed by atoms with Crippen LogP contribution >= 0.6 is 0 Å². The van der Waals surface area contributed by atoms with Gasteiger partial charge in [0.15, 0.2) is 0 Å². The van der Waals surface area contributed by atoms with E-state index in [0.29, 0.717) is 13.0 Å². The smallest absolute Gasteiger partial charge is 0.279 e. The minimum absolute atomic E-state index is 0.0615. The van der Waals surface area contributed by atoms with Gasteiger partial charge in [-0.25, -0.2) is 0 Å². The van der Waals surface area contributed by atoms with Crippen LogP contribution < -0.4 is 10.5 Å². The number of hydrogen-bond donors (Lipinski definition) is 2. The number of nitrogens with zero attached hydrogens (tertiary/aromatic N) is 1. The second-order valence-electron chi connectivity index (χ2n) is 5.70. The molecule has 3 N–H and O–H groups in total. The van der Waals surface area contributed by atoms with Gasteiger partial charge in [-0.05, 0) is 31.7 Å². The monoisotopic (exact) mass is 311 g/mol. The third-order valence-electron chi connectivity index (χ3n) is 3.98. The Labute approximate surface area is 127 Å². The third-order valence-corrected chi connectivity index (χ3v) is 5.77. The van der Waals surface area contributed by atoms with Gasteiger partial charge in [0.1, 0.15) is 0 Å². The summed E-state index contributed by atoms with van der Waals surface area (Å²) >= 11 is 0. The average molecular weight is 311 g/mol. The molecule has 2 atom stereocenters. The molecular formula is C15H25N3O2S. The molecule has 0 bridgehead atoms. The quantitative estimate of drug-likeness (QED) is 0.830. The molecule has 1 aromatic rings. The lowest BCUT2D eigenvalue weighted by molar-refractivity contribution is 0.263. The number of nitrogens with one attached hydrogen (secondary N) is 1. The van der Waals surface area contributed by atoms with E-state index in [-0.39, 0.29) is 18.6 Å². The fraction of sp³-hybridized carbons (Fsp3) is 0.600. The van der Waals surface area contributed by atoms with E-state index in [4.69, 9.17) is 5.73 Å². The van der Waals surface area contributed by atoms with E-state index in [1.54, 1.807) is 4.31 Å². The van der Waals surface area contributed by atoms with E-state index < -0.39 is 10.2 Å². The van der Waals surface area contributed by atoms with Crippen LogP contribution in [-0.2, 0) is 16.6 Å². The Morgan fingerprint density at radius 2 is 2.05 bits per heavy atom. The van der Waals surface area contributed by atoms with Gasteiger partial charge in [0.2, 0.25) is 0 Å². The lowest BCUT2D eigenvalue weighted by Gasteiger charge is -2.33. The Kier molecular flexibility index (Phi) is 5.75. The minimum Gasteiger partial charge on any atom is -0.329 e. The largest absolute Gasteiger partial charge is 0.329 e. The number of hydrogen-bond acceptors (Lipinski definition) is 3. The second-order valence-corrected chi connectivity index (χ2v) is 7.36. The molecule has 1 fully saturated rings. The van der Waals surface area contributed by atoms with Gasteiger partial charge in [-0.2, -0.15) is 17.4 Å². The van der Waals surface area contributed by atoms with E-state index in [1.165, 1.54) is 0 Å². The number of nitrogens with two attached hydrogens (primary N) is 1. The van der Waals surface area contributed by atoms with Crippen LogP contribution in [0.5, 0.6) is 0 Å². The minimum atomic E-state index is -3.46. The predicted molar refractivity (Wildman–Crippen MR) is 85.1 cm³/mol. The van der Waals surface area contributed by atoms with Gasteiger partial charge in [-0.15, -0.1) is 0 Å². The number of rotatable bonds is 6. The van der Waals surface area contributed by atoms with Crippen LogP contribution in [-0.4, -0.2) is 37.9 Å². The molecular weight excluding hydrogens is 286 g/mol. The first-order valence-corrected chi connectivity index (χ1v) is 9.00. The van der Waals surface area contributed by atoms with Crippen molar-refractivity contribution in [3.63, 3.8) is 0 Å². The molecule has 1 heterocycles. The van der Waals surface area contributed by atoms with E-state index in [1.807, 2.05) is 37.3 Å². The molecule has 0 radical (unpaired) electrons. The second kappa shape index (κ2) is 7.35. The van der Waals surface area contributed by atoms with Crippen LogP contribution in [0.2, 0.25) is 0 Å². The molecule has 2 unspecified atom stereocenters. The Bertz CT molecular complexity index is 533. The zero-order chi connectivity index (χ0) is 15.3. The zero-order valence-corrected chi connectivity index (χ0v) is 13.3. The topological polar surface area (TPSA) is 75.4 Å². The number of piperidine rings is 1. The zero-order valence-electron chi connectivity index (χ0n) is 12.5. The lowest BCUT2D eigenvalue weighted by Crippen LogP contribution is -2.52. The molecule has 0 saturated carbocycles. The van der Waals surface area contributed by atoms with Crippen molar-refractivity contribution in [1.29, 1.82) is 0 Å². The van der Waals surface area contributed by atoms with Gasteiger partial charge in [0.25, 0.3) is 10.2 Å². The van der Waals surface area contributed by atoms with Crippen LogP contribution in [0, 0.1) is 0 Å². The molecule has 1 aromatic carbocycles. The van der Waals surface area contributed by atoms with Crippen LogP contribution in [0.3, 0.4) is 0 Å². The van der Waals surface area contributed by atoms with Crippen molar-refractivity contribution in [2.24, 2.45) is 5.73 Å². The van der Waals surface area contributed by atoms with Crippen molar-refractivity contribution in [2.75, 3.05) is 13.1 Å². The van der Waals surface area contributed by atoms with Crippen LogP contribution in [0.25, 0.3) is 0 Å². The summed E-state index contributed by atoms with van der Waals surface area (Å²) in [6, 6.07) is 9.60. The fourth-order valence-corrected chi connectivity index (χ4v) is 4.46. The summed E-state index contributed by atoms with van der Waals surface area (Å²) in [5.74, 6) is 0. The molecule has 1 saturated heterocycles. The van der Waals surface area contributed by atoms with E-state index in [2.05, 4.69) is 4.72 Å². The first kappa shape index (κ1) is 16.4. The normalized spacial score (nSPS) is 22.1. The summed E-state index contributed by atoms with van der Waals surface area (Å²) in [5, 5.41) is 0. The summed E-state index contributed by atoms with van der Waals surface area (Å²) in [6.45, 7) is 2.85. The Hall–Kier alpha value is -0.950. The Morgan fingerprint density at radius 3 is 2.67 bits per heavy atom. The van der Waals surface area contributed by atoms with Gasteiger partial charge in [-0.3, -0.25) is 0 Å². The highest BCUT2D eigenvalue weighted by Crippen LogP contribution is 2.19. The van der Waals surface area contributed by atoms with Crippen molar-refractivity contribution < 1.29 is 8.42 Å². The van der Waals surface area contributed by atoms with E-state index in [9.17, 15) is 8.42 Å². The van der Waals surface area contributed by atoms with Crippen molar-refractivity contribution >= 4 is 10.2 Å². The molecule has 1 aliphatic rings. The molecule has 1 aliphatic heterocycles. The SMILES string of the molecule is CC1CCCCN1S(=O)(=O)NC(CN)Cc1ccccc1. The highest BCUT2D eigenvalue weighted by atomic mass is 32.2. The van der Waals surface area contributed by atoms with Crippen molar-refractivity contribution in [1.82, 2.24) is 9.03 Å². The van der Waals surface area contributed by atoms with Gasteiger partial charge in [0, 0.05) is 25.2 Å². The molecule has 118 valence electrons. The highest BCUT2D eigenvalue weighted by Gasteiger charge is 2.30. The lowest BCUT2D eigenvalue weighted by atomic mass is 10.1. The molecule has 0 aliphatic carbocycles. The van der Waals surface area contributed by atoms with Crippen molar-refractivity contribution in [2.45, 2.75) is 44.7 Å².